The Morgan fingerprint density at radius 1 is 1.23 bits per heavy atom. The van der Waals surface area contributed by atoms with Crippen molar-refractivity contribution in [1.29, 1.82) is 0 Å². The molecule has 2 fully saturated rings. The van der Waals surface area contributed by atoms with Crippen LogP contribution in [0.4, 0.5) is 4.39 Å². The molecule has 3 aliphatic rings. The molecule has 7 nitrogen and oxygen atoms in total. The zero-order valence-corrected chi connectivity index (χ0v) is 15.2. The predicted octanol–water partition coefficient (Wildman–Crippen LogP) is 2.19. The molecule has 3 heterocycles. The van der Waals surface area contributed by atoms with Gasteiger partial charge in [0.15, 0.2) is 5.82 Å². The zero-order chi connectivity index (χ0) is 18.5. The summed E-state index contributed by atoms with van der Waals surface area (Å²) in [5.41, 5.74) is 0.501. The molecule has 138 valence electrons. The highest BCUT2D eigenvalue weighted by molar-refractivity contribution is 7.89. The van der Waals surface area contributed by atoms with Gasteiger partial charge in [0.25, 0.3) is 5.91 Å². The number of likely N-dealkylation sites (tertiary alicyclic amines) is 1. The molecule has 2 bridgehead atoms. The zero-order valence-electron chi connectivity index (χ0n) is 13.7. The average molecular weight is 399 g/mol. The lowest BCUT2D eigenvalue weighted by molar-refractivity contribution is -0.129. The van der Waals surface area contributed by atoms with E-state index < -0.39 is 20.7 Å². The van der Waals surface area contributed by atoms with E-state index in [0.29, 0.717) is 18.4 Å². The highest BCUT2D eigenvalue weighted by Crippen LogP contribution is 2.37. The SMILES string of the molecule is O=C(C1=CN=NC1)N1CC2CCC(C1)N2S(=O)(=O)c1cccc(Cl)c1F. The van der Waals surface area contributed by atoms with E-state index in [2.05, 4.69) is 10.2 Å². The van der Waals surface area contributed by atoms with E-state index in [1.165, 1.54) is 28.7 Å². The molecular weight excluding hydrogens is 383 g/mol. The normalized spacial score (nSPS) is 25.6. The number of hydrogen-bond donors (Lipinski definition) is 0. The molecule has 1 aromatic rings. The summed E-state index contributed by atoms with van der Waals surface area (Å²) >= 11 is 5.75. The fraction of sp³-hybridized carbons (Fsp3) is 0.438. The van der Waals surface area contributed by atoms with Crippen molar-refractivity contribution in [2.75, 3.05) is 19.6 Å². The lowest BCUT2D eigenvalue weighted by Gasteiger charge is -2.40. The first-order valence-corrected chi connectivity index (χ1v) is 10.0. The standard InChI is InChI=1S/C16H16ClFN4O3S/c17-13-2-1-3-14(15(13)18)26(24,25)22-11-4-5-12(22)9-21(8-11)16(23)10-6-19-20-7-10/h1-3,6,11-12H,4-5,7-9H2. The number of benzene rings is 1. The van der Waals surface area contributed by atoms with Gasteiger partial charge in [-0.25, -0.2) is 12.8 Å². The maximum Gasteiger partial charge on any atom is 0.253 e. The average Bonchev–Trinajstić information content (AvgIpc) is 3.23. The second-order valence-corrected chi connectivity index (χ2v) is 8.77. The van der Waals surface area contributed by atoms with E-state index >= 15 is 0 Å². The Kier molecular flexibility index (Phi) is 4.32. The first kappa shape index (κ1) is 17.6. The van der Waals surface area contributed by atoms with Crippen molar-refractivity contribution in [3.05, 3.63) is 40.8 Å². The molecule has 3 aliphatic heterocycles. The Labute approximate surface area is 155 Å². The van der Waals surface area contributed by atoms with E-state index in [9.17, 15) is 17.6 Å². The number of amides is 1. The van der Waals surface area contributed by atoms with Crippen LogP contribution in [-0.4, -0.2) is 55.2 Å². The van der Waals surface area contributed by atoms with Crippen LogP contribution in [0.2, 0.25) is 5.02 Å². The lowest BCUT2D eigenvalue weighted by atomic mass is 10.2. The number of fused-ring (bicyclic) bond motifs is 2. The number of rotatable bonds is 3. The molecule has 1 amide bonds. The number of carbonyl (C=O) groups is 1. The molecule has 2 atom stereocenters. The van der Waals surface area contributed by atoms with Gasteiger partial charge >= 0.3 is 0 Å². The van der Waals surface area contributed by atoms with Crippen LogP contribution in [-0.2, 0) is 14.8 Å². The van der Waals surface area contributed by atoms with E-state index in [0.717, 1.165) is 0 Å². The lowest BCUT2D eigenvalue weighted by Crippen LogP contribution is -2.57. The van der Waals surface area contributed by atoms with Gasteiger partial charge in [0.1, 0.15) is 4.90 Å². The number of azo groups is 1. The van der Waals surface area contributed by atoms with Crippen LogP contribution >= 0.6 is 11.6 Å². The monoisotopic (exact) mass is 398 g/mol. The molecule has 2 saturated heterocycles. The number of halogens is 2. The van der Waals surface area contributed by atoms with Gasteiger partial charge in [-0.3, -0.25) is 4.79 Å². The maximum atomic E-state index is 14.3. The topological polar surface area (TPSA) is 82.4 Å². The Hall–Kier alpha value is -1.84. The molecule has 0 aliphatic carbocycles. The van der Waals surface area contributed by atoms with E-state index in [-0.39, 0.29) is 42.6 Å². The van der Waals surface area contributed by atoms with Gasteiger partial charge in [-0.05, 0) is 25.0 Å². The minimum Gasteiger partial charge on any atom is -0.336 e. The molecule has 1 aromatic carbocycles. The summed E-state index contributed by atoms with van der Waals surface area (Å²) in [6, 6.07) is 3.19. The molecule has 2 unspecified atom stereocenters. The van der Waals surface area contributed by atoms with E-state index in [1.807, 2.05) is 0 Å². The number of nitrogens with zero attached hydrogens (tertiary/aromatic N) is 4. The first-order valence-electron chi connectivity index (χ1n) is 8.22. The largest absolute Gasteiger partial charge is 0.336 e. The van der Waals surface area contributed by atoms with Crippen LogP contribution < -0.4 is 0 Å². The number of sulfonamides is 1. The Morgan fingerprint density at radius 3 is 2.54 bits per heavy atom. The molecule has 26 heavy (non-hydrogen) atoms. The van der Waals surface area contributed by atoms with Crippen molar-refractivity contribution >= 4 is 27.5 Å². The smallest absolute Gasteiger partial charge is 0.253 e. The van der Waals surface area contributed by atoms with Crippen molar-refractivity contribution in [3.63, 3.8) is 0 Å². The molecular formula is C16H16ClFN4O3S. The Balaban J connectivity index is 1.60. The van der Waals surface area contributed by atoms with Crippen molar-refractivity contribution in [2.45, 2.75) is 29.8 Å². The fourth-order valence-electron chi connectivity index (χ4n) is 3.81. The van der Waals surface area contributed by atoms with Gasteiger partial charge in [0, 0.05) is 25.2 Å². The summed E-state index contributed by atoms with van der Waals surface area (Å²) in [6.07, 6.45) is 2.70. The van der Waals surface area contributed by atoms with Crippen molar-refractivity contribution < 1.29 is 17.6 Å². The summed E-state index contributed by atoms with van der Waals surface area (Å²) in [5.74, 6) is -1.11. The first-order chi connectivity index (χ1) is 12.4. The molecule has 0 spiro atoms. The van der Waals surface area contributed by atoms with Gasteiger partial charge < -0.3 is 4.90 Å². The van der Waals surface area contributed by atoms with Crippen LogP contribution in [0, 0.1) is 5.82 Å². The van der Waals surface area contributed by atoms with Crippen molar-refractivity contribution in [3.8, 4) is 0 Å². The second-order valence-electron chi connectivity index (χ2n) is 6.55. The summed E-state index contributed by atoms with van der Waals surface area (Å²) in [7, 11) is -4.03. The highest BCUT2D eigenvalue weighted by Gasteiger charge is 2.48. The van der Waals surface area contributed by atoms with Crippen LogP contribution in [0.5, 0.6) is 0 Å². The van der Waals surface area contributed by atoms with Gasteiger partial charge in [0.05, 0.1) is 23.3 Å². The summed E-state index contributed by atoms with van der Waals surface area (Å²) in [5, 5.41) is 7.24. The third kappa shape index (κ3) is 2.74. The fourth-order valence-corrected chi connectivity index (χ4v) is 5.99. The minimum absolute atomic E-state index is 0.169. The minimum atomic E-state index is -4.03. The van der Waals surface area contributed by atoms with Gasteiger partial charge in [-0.1, -0.05) is 17.7 Å². The second kappa shape index (κ2) is 6.40. The number of carbonyl (C=O) groups excluding carboxylic acids is 1. The molecule has 0 saturated carbocycles. The Bertz CT molecular complexity index is 919. The van der Waals surface area contributed by atoms with Crippen LogP contribution in [0.3, 0.4) is 0 Å². The number of hydrogen-bond acceptors (Lipinski definition) is 5. The molecule has 0 radical (unpaired) electrons. The Morgan fingerprint density at radius 2 is 1.92 bits per heavy atom. The van der Waals surface area contributed by atoms with Gasteiger partial charge in [-0.15, -0.1) is 0 Å². The maximum absolute atomic E-state index is 14.3. The van der Waals surface area contributed by atoms with Gasteiger partial charge in [-0.2, -0.15) is 14.5 Å². The van der Waals surface area contributed by atoms with Crippen molar-refractivity contribution in [1.82, 2.24) is 9.21 Å². The van der Waals surface area contributed by atoms with Gasteiger partial charge in [0.2, 0.25) is 10.0 Å². The highest BCUT2D eigenvalue weighted by atomic mass is 35.5. The molecule has 4 rings (SSSR count). The van der Waals surface area contributed by atoms with E-state index in [1.54, 1.807) is 4.90 Å². The number of piperazine rings is 1. The third-order valence-corrected chi connectivity index (χ3v) is 7.30. The predicted molar refractivity (Wildman–Crippen MR) is 91.6 cm³/mol. The molecule has 0 aromatic heterocycles. The van der Waals surface area contributed by atoms with Crippen LogP contribution in [0.15, 0.2) is 45.1 Å². The molecule has 0 N–H and O–H groups in total. The van der Waals surface area contributed by atoms with Crippen molar-refractivity contribution in [2.24, 2.45) is 10.2 Å². The third-order valence-electron chi connectivity index (χ3n) is 4.98. The summed E-state index contributed by atoms with van der Waals surface area (Å²) < 4.78 is 41.7. The summed E-state index contributed by atoms with van der Waals surface area (Å²) in [6.45, 7) is 0.794. The molecule has 10 heteroatoms. The van der Waals surface area contributed by atoms with Crippen LogP contribution in [0.1, 0.15) is 12.8 Å². The summed E-state index contributed by atoms with van der Waals surface area (Å²) in [4.78, 5) is 13.8. The van der Waals surface area contributed by atoms with E-state index in [4.69, 9.17) is 11.6 Å². The quantitative estimate of drug-likeness (QED) is 0.782. The van der Waals surface area contributed by atoms with Crippen LogP contribution in [0.25, 0.3) is 0 Å².